The van der Waals surface area contributed by atoms with Crippen LogP contribution in [0, 0.1) is 0 Å². The Morgan fingerprint density at radius 2 is 1.91 bits per heavy atom. The van der Waals surface area contributed by atoms with E-state index >= 15 is 0 Å². The Morgan fingerprint density at radius 1 is 1.03 bits per heavy atom. The van der Waals surface area contributed by atoms with Crippen molar-refractivity contribution < 1.29 is 9.53 Å². The van der Waals surface area contributed by atoms with E-state index in [1.807, 2.05) is 18.3 Å². The highest BCUT2D eigenvalue weighted by Crippen LogP contribution is 2.26. The van der Waals surface area contributed by atoms with E-state index in [-0.39, 0.29) is 11.9 Å². The summed E-state index contributed by atoms with van der Waals surface area (Å²) in [4.78, 5) is 30.7. The van der Waals surface area contributed by atoms with Crippen LogP contribution in [0.25, 0.3) is 11.4 Å². The van der Waals surface area contributed by atoms with Gasteiger partial charge in [-0.05, 0) is 73.8 Å². The second kappa shape index (κ2) is 9.53. The number of pyridine rings is 2. The highest BCUT2D eigenvalue weighted by atomic mass is 16.5. The summed E-state index contributed by atoms with van der Waals surface area (Å²) in [6, 6.07) is 6.20. The molecule has 2 aliphatic rings. The Morgan fingerprint density at radius 3 is 2.69 bits per heavy atom. The predicted molar refractivity (Wildman–Crippen MR) is 120 cm³/mol. The molecule has 7 heteroatoms. The lowest BCUT2D eigenvalue weighted by Gasteiger charge is -2.24. The van der Waals surface area contributed by atoms with Crippen molar-refractivity contribution in [3.63, 3.8) is 0 Å². The van der Waals surface area contributed by atoms with Crippen LogP contribution in [0.15, 0.2) is 43.0 Å². The zero-order valence-electron chi connectivity index (χ0n) is 18.1. The molecule has 7 nitrogen and oxygen atoms in total. The molecule has 1 aliphatic carbocycles. The van der Waals surface area contributed by atoms with E-state index in [1.54, 1.807) is 18.6 Å². The number of carbonyl (C=O) groups is 1. The average molecular weight is 430 g/mol. The van der Waals surface area contributed by atoms with Gasteiger partial charge in [0.15, 0.2) is 0 Å². The van der Waals surface area contributed by atoms with Gasteiger partial charge in [0.05, 0.1) is 11.9 Å². The molecule has 0 spiro atoms. The van der Waals surface area contributed by atoms with Crippen molar-refractivity contribution in [1.82, 2.24) is 25.3 Å². The normalized spacial score (nSPS) is 16.4. The third-order valence-corrected chi connectivity index (χ3v) is 6.23. The number of aromatic nitrogens is 4. The summed E-state index contributed by atoms with van der Waals surface area (Å²) in [5.41, 5.74) is 6.75. The topological polar surface area (TPSA) is 89.9 Å². The van der Waals surface area contributed by atoms with Gasteiger partial charge in [-0.15, -0.1) is 0 Å². The second-order valence-corrected chi connectivity index (χ2v) is 8.48. The van der Waals surface area contributed by atoms with Gasteiger partial charge < -0.3 is 10.1 Å². The molecule has 3 aromatic heterocycles. The summed E-state index contributed by atoms with van der Waals surface area (Å²) in [5.74, 6) is -0.0809. The van der Waals surface area contributed by atoms with Gasteiger partial charge in [-0.1, -0.05) is 6.07 Å². The van der Waals surface area contributed by atoms with Crippen molar-refractivity contribution in [2.24, 2.45) is 0 Å². The Kier molecular flexibility index (Phi) is 6.16. The molecule has 1 fully saturated rings. The van der Waals surface area contributed by atoms with Crippen LogP contribution >= 0.6 is 0 Å². The van der Waals surface area contributed by atoms with Crippen LogP contribution in [0.1, 0.15) is 58.6 Å². The maximum Gasteiger partial charge on any atom is 0.270 e. The van der Waals surface area contributed by atoms with Crippen LogP contribution in [-0.4, -0.2) is 45.1 Å². The fraction of sp³-hybridized carbons (Fsp3) is 0.400. The summed E-state index contributed by atoms with van der Waals surface area (Å²) in [7, 11) is 0. The minimum absolute atomic E-state index is 0.0809. The largest absolute Gasteiger partial charge is 0.381 e. The molecular formula is C25H27N5O2. The summed E-state index contributed by atoms with van der Waals surface area (Å²) in [6.45, 7) is 1.40. The van der Waals surface area contributed by atoms with Gasteiger partial charge in [0, 0.05) is 43.5 Å². The van der Waals surface area contributed by atoms with E-state index in [2.05, 4.69) is 26.3 Å². The van der Waals surface area contributed by atoms with Gasteiger partial charge in [0.2, 0.25) is 0 Å². The van der Waals surface area contributed by atoms with Gasteiger partial charge in [-0.2, -0.15) is 0 Å². The average Bonchev–Trinajstić information content (AvgIpc) is 2.85. The second-order valence-electron chi connectivity index (χ2n) is 8.48. The molecule has 164 valence electrons. The van der Waals surface area contributed by atoms with Crippen molar-refractivity contribution in [2.45, 2.75) is 51.0 Å². The quantitative estimate of drug-likeness (QED) is 0.669. The van der Waals surface area contributed by atoms with Gasteiger partial charge in [0.25, 0.3) is 5.91 Å². The smallest absolute Gasteiger partial charge is 0.270 e. The third-order valence-electron chi connectivity index (χ3n) is 6.23. The fourth-order valence-corrected chi connectivity index (χ4v) is 4.50. The Labute approximate surface area is 187 Å². The molecule has 0 atom stereocenters. The molecule has 0 unspecified atom stereocenters. The van der Waals surface area contributed by atoms with E-state index < -0.39 is 0 Å². The van der Waals surface area contributed by atoms with Crippen LogP contribution in [0.5, 0.6) is 0 Å². The van der Waals surface area contributed by atoms with Crippen molar-refractivity contribution in [1.29, 1.82) is 0 Å². The molecule has 4 heterocycles. The fourth-order valence-electron chi connectivity index (χ4n) is 4.50. The molecule has 1 N–H and O–H groups in total. The lowest BCUT2D eigenvalue weighted by Crippen LogP contribution is -2.39. The standard InChI is InChI=1S/C25H27N5O2/c31-25(29-19-7-11-32-12-8-19)23-14-18(20-3-1-2-4-21(20)30-23)13-17-5-6-22(28-15-17)24-16-26-9-10-27-24/h5-6,9-10,14-16,19H,1-4,7-8,11-13H2,(H,29,31). The van der Waals surface area contributed by atoms with Crippen LogP contribution < -0.4 is 5.32 Å². The molecule has 0 radical (unpaired) electrons. The highest BCUT2D eigenvalue weighted by Gasteiger charge is 2.22. The van der Waals surface area contributed by atoms with Crippen LogP contribution in [0.2, 0.25) is 0 Å². The lowest BCUT2D eigenvalue weighted by atomic mass is 9.89. The van der Waals surface area contributed by atoms with Gasteiger partial charge >= 0.3 is 0 Å². The van der Waals surface area contributed by atoms with Gasteiger partial charge in [0.1, 0.15) is 11.4 Å². The van der Waals surface area contributed by atoms with E-state index in [0.717, 1.165) is 61.2 Å². The highest BCUT2D eigenvalue weighted by molar-refractivity contribution is 5.92. The Balaban J connectivity index is 1.38. The molecule has 3 aromatic rings. The SMILES string of the molecule is O=C(NC1CCOCC1)c1cc(Cc2ccc(-c3cnccn3)nc2)c2c(n1)CCCC2. The minimum Gasteiger partial charge on any atom is -0.381 e. The summed E-state index contributed by atoms with van der Waals surface area (Å²) in [6.07, 6.45) is 13.6. The van der Waals surface area contributed by atoms with E-state index in [9.17, 15) is 4.79 Å². The van der Waals surface area contributed by atoms with Gasteiger partial charge in [-0.3, -0.25) is 19.7 Å². The summed E-state index contributed by atoms with van der Waals surface area (Å²) in [5, 5.41) is 3.15. The van der Waals surface area contributed by atoms with E-state index in [0.29, 0.717) is 18.9 Å². The van der Waals surface area contributed by atoms with Gasteiger partial charge in [-0.25, -0.2) is 4.98 Å². The van der Waals surface area contributed by atoms with Crippen LogP contribution in [0.4, 0.5) is 0 Å². The Bertz CT molecular complexity index is 1080. The molecule has 1 saturated heterocycles. The zero-order valence-corrected chi connectivity index (χ0v) is 18.1. The monoisotopic (exact) mass is 429 g/mol. The number of nitrogens with one attached hydrogen (secondary N) is 1. The Hall–Kier alpha value is -3.19. The molecule has 0 aromatic carbocycles. The zero-order chi connectivity index (χ0) is 21.8. The maximum atomic E-state index is 13.0. The van der Waals surface area contributed by atoms with E-state index in [4.69, 9.17) is 9.72 Å². The summed E-state index contributed by atoms with van der Waals surface area (Å²) < 4.78 is 5.40. The number of rotatable bonds is 5. The third kappa shape index (κ3) is 4.67. The molecule has 0 bridgehead atoms. The number of fused-ring (bicyclic) bond motifs is 1. The first-order valence-electron chi connectivity index (χ1n) is 11.4. The van der Waals surface area contributed by atoms with Crippen LogP contribution in [-0.2, 0) is 24.0 Å². The predicted octanol–water partition coefficient (Wildman–Crippen LogP) is 3.31. The number of hydrogen-bond donors (Lipinski definition) is 1. The van der Waals surface area contributed by atoms with Crippen LogP contribution in [0.3, 0.4) is 0 Å². The first-order chi connectivity index (χ1) is 15.8. The molecule has 1 aliphatic heterocycles. The molecule has 5 rings (SSSR count). The number of amides is 1. The number of nitrogens with zero attached hydrogens (tertiary/aromatic N) is 4. The minimum atomic E-state index is -0.0809. The molecule has 1 amide bonds. The van der Waals surface area contributed by atoms with Crippen molar-refractivity contribution >= 4 is 5.91 Å². The van der Waals surface area contributed by atoms with E-state index in [1.165, 1.54) is 17.5 Å². The first-order valence-corrected chi connectivity index (χ1v) is 11.4. The van der Waals surface area contributed by atoms with Crippen molar-refractivity contribution in [3.8, 4) is 11.4 Å². The summed E-state index contributed by atoms with van der Waals surface area (Å²) >= 11 is 0. The first kappa shape index (κ1) is 20.7. The molecule has 0 saturated carbocycles. The van der Waals surface area contributed by atoms with Crippen molar-refractivity contribution in [2.75, 3.05) is 13.2 Å². The lowest BCUT2D eigenvalue weighted by molar-refractivity contribution is 0.0694. The number of ether oxygens (including phenoxy) is 1. The number of carbonyl (C=O) groups excluding carboxylic acids is 1. The number of aryl methyl sites for hydroxylation is 1. The molecule has 32 heavy (non-hydrogen) atoms. The van der Waals surface area contributed by atoms with Crippen molar-refractivity contribution in [3.05, 3.63) is 71.1 Å². The molecular weight excluding hydrogens is 402 g/mol. The maximum absolute atomic E-state index is 13.0. The number of hydrogen-bond acceptors (Lipinski definition) is 6.